The summed E-state index contributed by atoms with van der Waals surface area (Å²) < 4.78 is 0. The zero-order valence-corrected chi connectivity index (χ0v) is 11.1. The monoisotopic (exact) mass is 232 g/mol. The third-order valence-corrected chi connectivity index (χ3v) is 3.66. The summed E-state index contributed by atoms with van der Waals surface area (Å²) in [6, 6.07) is 9.64. The van der Waals surface area contributed by atoms with Crippen molar-refractivity contribution in [3.63, 3.8) is 0 Å². The van der Waals surface area contributed by atoms with Crippen molar-refractivity contribution in [3.8, 4) is 0 Å². The molecule has 1 unspecified atom stereocenters. The van der Waals surface area contributed by atoms with E-state index in [0.717, 1.165) is 6.54 Å². The van der Waals surface area contributed by atoms with E-state index in [1.54, 1.807) is 0 Å². The smallest absolute Gasteiger partial charge is 0.0346 e. The van der Waals surface area contributed by atoms with Crippen molar-refractivity contribution >= 4 is 0 Å². The predicted octanol–water partition coefficient (Wildman–Crippen LogP) is 2.74. The first kappa shape index (κ1) is 12.6. The van der Waals surface area contributed by atoms with Gasteiger partial charge in [0.1, 0.15) is 0 Å². The maximum Gasteiger partial charge on any atom is 0.0346 e. The summed E-state index contributed by atoms with van der Waals surface area (Å²) in [4.78, 5) is 2.63. The van der Waals surface area contributed by atoms with Gasteiger partial charge in [-0.15, -0.1) is 0 Å². The van der Waals surface area contributed by atoms with Crippen LogP contribution in [-0.4, -0.2) is 31.1 Å². The van der Waals surface area contributed by atoms with Gasteiger partial charge in [0, 0.05) is 25.7 Å². The lowest BCUT2D eigenvalue weighted by Gasteiger charge is -2.30. The van der Waals surface area contributed by atoms with Crippen molar-refractivity contribution in [2.75, 3.05) is 26.2 Å². The number of benzene rings is 1. The molecule has 1 fully saturated rings. The molecule has 1 saturated heterocycles. The SMILES string of the molecule is CCC(c1ccc(C)cc1)N1CCCNCC1. The van der Waals surface area contributed by atoms with Gasteiger partial charge in [0.05, 0.1) is 0 Å². The lowest BCUT2D eigenvalue weighted by molar-refractivity contribution is 0.205. The van der Waals surface area contributed by atoms with Crippen LogP contribution in [0.25, 0.3) is 0 Å². The third-order valence-electron chi connectivity index (χ3n) is 3.66. The Morgan fingerprint density at radius 1 is 1.18 bits per heavy atom. The molecular weight excluding hydrogens is 208 g/mol. The van der Waals surface area contributed by atoms with Gasteiger partial charge in [0.15, 0.2) is 0 Å². The maximum atomic E-state index is 3.48. The Hall–Kier alpha value is -0.860. The van der Waals surface area contributed by atoms with Crippen LogP contribution in [0, 0.1) is 6.92 Å². The Balaban J connectivity index is 2.11. The fourth-order valence-electron chi connectivity index (χ4n) is 2.67. The molecule has 1 atom stereocenters. The number of rotatable bonds is 3. The van der Waals surface area contributed by atoms with Crippen molar-refractivity contribution in [2.45, 2.75) is 32.7 Å². The molecule has 1 aliphatic rings. The van der Waals surface area contributed by atoms with E-state index < -0.39 is 0 Å². The van der Waals surface area contributed by atoms with Crippen LogP contribution in [-0.2, 0) is 0 Å². The minimum Gasteiger partial charge on any atom is -0.315 e. The fourth-order valence-corrected chi connectivity index (χ4v) is 2.67. The Labute approximate surface area is 105 Å². The molecule has 2 heteroatoms. The van der Waals surface area contributed by atoms with Crippen LogP contribution in [0.15, 0.2) is 24.3 Å². The van der Waals surface area contributed by atoms with Gasteiger partial charge >= 0.3 is 0 Å². The van der Waals surface area contributed by atoms with Crippen molar-refractivity contribution in [3.05, 3.63) is 35.4 Å². The van der Waals surface area contributed by atoms with E-state index >= 15 is 0 Å². The van der Waals surface area contributed by atoms with Gasteiger partial charge in [-0.05, 0) is 31.9 Å². The van der Waals surface area contributed by atoms with E-state index in [9.17, 15) is 0 Å². The Kier molecular flexibility index (Phi) is 4.57. The van der Waals surface area contributed by atoms with E-state index in [1.807, 2.05) is 0 Å². The zero-order chi connectivity index (χ0) is 12.1. The molecule has 0 amide bonds. The Bertz CT molecular complexity index is 323. The summed E-state index contributed by atoms with van der Waals surface area (Å²) in [6.07, 6.45) is 2.46. The average Bonchev–Trinajstić information content (AvgIpc) is 2.62. The molecule has 0 aliphatic carbocycles. The van der Waals surface area contributed by atoms with Gasteiger partial charge in [-0.3, -0.25) is 4.90 Å². The molecule has 2 nitrogen and oxygen atoms in total. The van der Waals surface area contributed by atoms with Gasteiger partial charge in [0.2, 0.25) is 0 Å². The number of aryl methyl sites for hydroxylation is 1. The molecule has 1 aromatic rings. The van der Waals surface area contributed by atoms with Crippen LogP contribution in [0.1, 0.15) is 36.9 Å². The second kappa shape index (κ2) is 6.18. The second-order valence-electron chi connectivity index (χ2n) is 4.97. The first-order valence-corrected chi connectivity index (χ1v) is 6.82. The number of nitrogens with zero attached hydrogens (tertiary/aromatic N) is 1. The topological polar surface area (TPSA) is 15.3 Å². The van der Waals surface area contributed by atoms with Gasteiger partial charge < -0.3 is 5.32 Å². The molecule has 1 heterocycles. The van der Waals surface area contributed by atoms with E-state index in [1.165, 1.54) is 43.6 Å². The summed E-state index contributed by atoms with van der Waals surface area (Å²) in [5.41, 5.74) is 2.82. The number of hydrogen-bond donors (Lipinski definition) is 1. The van der Waals surface area contributed by atoms with E-state index in [-0.39, 0.29) is 0 Å². The normalized spacial score (nSPS) is 19.9. The van der Waals surface area contributed by atoms with Crippen molar-refractivity contribution in [2.24, 2.45) is 0 Å². The lowest BCUT2D eigenvalue weighted by Crippen LogP contribution is -2.32. The highest BCUT2D eigenvalue weighted by Crippen LogP contribution is 2.24. The Morgan fingerprint density at radius 2 is 1.94 bits per heavy atom. The molecular formula is C15H24N2. The molecule has 2 rings (SSSR count). The summed E-state index contributed by atoms with van der Waals surface area (Å²) in [5, 5.41) is 3.48. The van der Waals surface area contributed by atoms with Crippen LogP contribution in [0.5, 0.6) is 0 Å². The van der Waals surface area contributed by atoms with Crippen LogP contribution < -0.4 is 5.32 Å². The highest BCUT2D eigenvalue weighted by Gasteiger charge is 2.19. The molecule has 0 spiro atoms. The quantitative estimate of drug-likeness (QED) is 0.862. The van der Waals surface area contributed by atoms with Gasteiger partial charge in [-0.2, -0.15) is 0 Å². The molecule has 0 saturated carbocycles. The summed E-state index contributed by atoms with van der Waals surface area (Å²) in [7, 11) is 0. The van der Waals surface area contributed by atoms with Gasteiger partial charge in [-0.1, -0.05) is 36.8 Å². The molecule has 17 heavy (non-hydrogen) atoms. The highest BCUT2D eigenvalue weighted by molar-refractivity contribution is 5.24. The lowest BCUT2D eigenvalue weighted by atomic mass is 10.0. The number of nitrogens with one attached hydrogen (secondary N) is 1. The standard InChI is InChI=1S/C15H24N2/c1-3-15(14-7-5-13(2)6-8-14)17-11-4-9-16-10-12-17/h5-8,15-16H,3-4,9-12H2,1-2H3. The first-order valence-electron chi connectivity index (χ1n) is 6.82. The van der Waals surface area contributed by atoms with Gasteiger partial charge in [-0.25, -0.2) is 0 Å². The largest absolute Gasteiger partial charge is 0.315 e. The molecule has 0 bridgehead atoms. The van der Waals surface area contributed by atoms with Crippen molar-refractivity contribution < 1.29 is 0 Å². The fraction of sp³-hybridized carbons (Fsp3) is 0.600. The minimum absolute atomic E-state index is 0.593. The minimum atomic E-state index is 0.593. The van der Waals surface area contributed by atoms with Crippen LogP contribution >= 0.6 is 0 Å². The summed E-state index contributed by atoms with van der Waals surface area (Å²) in [6.45, 7) is 9.14. The molecule has 94 valence electrons. The zero-order valence-electron chi connectivity index (χ0n) is 11.1. The Morgan fingerprint density at radius 3 is 2.65 bits per heavy atom. The van der Waals surface area contributed by atoms with Crippen LogP contribution in [0.2, 0.25) is 0 Å². The summed E-state index contributed by atoms with van der Waals surface area (Å²) in [5.74, 6) is 0. The maximum absolute atomic E-state index is 3.48. The van der Waals surface area contributed by atoms with E-state index in [4.69, 9.17) is 0 Å². The first-order chi connectivity index (χ1) is 8.31. The average molecular weight is 232 g/mol. The van der Waals surface area contributed by atoms with E-state index in [2.05, 4.69) is 48.3 Å². The molecule has 1 aromatic carbocycles. The third kappa shape index (κ3) is 3.30. The molecule has 0 radical (unpaired) electrons. The number of hydrogen-bond acceptors (Lipinski definition) is 2. The molecule has 0 aromatic heterocycles. The van der Waals surface area contributed by atoms with Crippen molar-refractivity contribution in [1.29, 1.82) is 0 Å². The van der Waals surface area contributed by atoms with Crippen molar-refractivity contribution in [1.82, 2.24) is 10.2 Å². The van der Waals surface area contributed by atoms with E-state index in [0.29, 0.717) is 6.04 Å². The van der Waals surface area contributed by atoms with Gasteiger partial charge in [0.25, 0.3) is 0 Å². The molecule has 1 N–H and O–H groups in total. The molecule has 1 aliphatic heterocycles. The predicted molar refractivity (Wildman–Crippen MR) is 73.3 cm³/mol. The second-order valence-corrected chi connectivity index (χ2v) is 4.97. The van der Waals surface area contributed by atoms with Crippen LogP contribution in [0.4, 0.5) is 0 Å². The highest BCUT2D eigenvalue weighted by atomic mass is 15.2. The van der Waals surface area contributed by atoms with Crippen LogP contribution in [0.3, 0.4) is 0 Å². The summed E-state index contributed by atoms with van der Waals surface area (Å²) >= 11 is 0.